The van der Waals surface area contributed by atoms with Gasteiger partial charge in [0, 0.05) is 13.2 Å². The summed E-state index contributed by atoms with van der Waals surface area (Å²) in [4.78, 5) is 15.9. The van der Waals surface area contributed by atoms with Gasteiger partial charge in [-0.1, -0.05) is 0 Å². The van der Waals surface area contributed by atoms with Gasteiger partial charge < -0.3 is 0 Å². The molecule has 66 valence electrons. The number of aryl methyl sites for hydroxylation is 1. The summed E-state index contributed by atoms with van der Waals surface area (Å²) in [6.45, 7) is 2.24. The van der Waals surface area contributed by atoms with Gasteiger partial charge in [-0.05, 0) is 13.0 Å². The Bertz CT molecular complexity index is 269. The van der Waals surface area contributed by atoms with Crippen LogP contribution in [0.15, 0.2) is 12.3 Å². The van der Waals surface area contributed by atoms with Crippen LogP contribution in [0, 0.1) is 0 Å². The predicted octanol–water partition coefficient (Wildman–Crippen LogP) is 0.101. The Labute approximate surface area is 70.3 Å². The quantitative estimate of drug-likeness (QED) is 0.653. The molecule has 1 N–H and O–H groups in total. The average Bonchev–Trinajstić information content (AvgIpc) is 2.47. The van der Waals surface area contributed by atoms with Crippen LogP contribution >= 0.6 is 0 Å². The molecular weight excluding hydrogens is 158 g/mol. The SMILES string of the molecule is CCONC(=O)c1ccnn1C. The molecule has 0 fully saturated rings. The van der Waals surface area contributed by atoms with Crippen LogP contribution in [0.25, 0.3) is 0 Å². The second-order valence-electron chi connectivity index (χ2n) is 2.20. The number of hydrogen-bond donors (Lipinski definition) is 1. The molecule has 1 rings (SSSR count). The number of carbonyl (C=O) groups is 1. The Kier molecular flexibility index (Phi) is 2.82. The van der Waals surface area contributed by atoms with Crippen LogP contribution in [0.5, 0.6) is 0 Å². The highest BCUT2D eigenvalue weighted by Crippen LogP contribution is 1.94. The van der Waals surface area contributed by atoms with Crippen molar-refractivity contribution < 1.29 is 9.63 Å². The van der Waals surface area contributed by atoms with Gasteiger partial charge in [0.1, 0.15) is 5.69 Å². The smallest absolute Gasteiger partial charge is 0.274 e. The lowest BCUT2D eigenvalue weighted by molar-refractivity contribution is 0.0356. The van der Waals surface area contributed by atoms with Gasteiger partial charge in [-0.15, -0.1) is 0 Å². The fourth-order valence-electron chi connectivity index (χ4n) is 0.787. The lowest BCUT2D eigenvalue weighted by Gasteiger charge is -2.02. The molecule has 0 unspecified atom stereocenters. The number of hydrogen-bond acceptors (Lipinski definition) is 3. The van der Waals surface area contributed by atoms with Crippen LogP contribution in [0.3, 0.4) is 0 Å². The van der Waals surface area contributed by atoms with E-state index >= 15 is 0 Å². The third-order valence-electron chi connectivity index (χ3n) is 1.36. The molecule has 0 saturated heterocycles. The summed E-state index contributed by atoms with van der Waals surface area (Å²) >= 11 is 0. The topological polar surface area (TPSA) is 56.1 Å². The summed E-state index contributed by atoms with van der Waals surface area (Å²) in [6, 6.07) is 1.62. The van der Waals surface area contributed by atoms with Crippen LogP contribution in [0.1, 0.15) is 17.4 Å². The molecule has 0 bridgehead atoms. The zero-order chi connectivity index (χ0) is 8.97. The highest BCUT2D eigenvalue weighted by molar-refractivity contribution is 5.91. The molecule has 12 heavy (non-hydrogen) atoms. The number of aromatic nitrogens is 2. The minimum Gasteiger partial charge on any atom is -0.274 e. The van der Waals surface area contributed by atoms with Crippen molar-refractivity contribution in [2.24, 2.45) is 7.05 Å². The molecule has 5 heteroatoms. The van der Waals surface area contributed by atoms with Crippen molar-refractivity contribution in [1.29, 1.82) is 0 Å². The Morgan fingerprint density at radius 2 is 2.58 bits per heavy atom. The van der Waals surface area contributed by atoms with Crippen molar-refractivity contribution in [2.45, 2.75) is 6.92 Å². The zero-order valence-electron chi connectivity index (χ0n) is 7.07. The Balaban J connectivity index is 2.59. The third kappa shape index (κ3) is 1.82. The lowest BCUT2D eigenvalue weighted by atomic mass is 10.4. The van der Waals surface area contributed by atoms with Gasteiger partial charge in [0.2, 0.25) is 0 Å². The second-order valence-corrected chi connectivity index (χ2v) is 2.20. The molecule has 0 spiro atoms. The van der Waals surface area contributed by atoms with Gasteiger partial charge in [-0.2, -0.15) is 5.10 Å². The molecular formula is C7H11N3O2. The van der Waals surface area contributed by atoms with E-state index in [9.17, 15) is 4.79 Å². The van der Waals surface area contributed by atoms with E-state index in [1.165, 1.54) is 4.68 Å². The summed E-state index contributed by atoms with van der Waals surface area (Å²) in [5.41, 5.74) is 2.75. The van der Waals surface area contributed by atoms with Crippen molar-refractivity contribution in [3.63, 3.8) is 0 Å². The fraction of sp³-hybridized carbons (Fsp3) is 0.429. The first kappa shape index (κ1) is 8.73. The van der Waals surface area contributed by atoms with Gasteiger partial charge in [-0.3, -0.25) is 14.3 Å². The van der Waals surface area contributed by atoms with E-state index in [1.54, 1.807) is 26.2 Å². The summed E-state index contributed by atoms with van der Waals surface area (Å²) in [5.74, 6) is -0.281. The zero-order valence-corrected chi connectivity index (χ0v) is 7.07. The van der Waals surface area contributed by atoms with E-state index in [0.29, 0.717) is 12.3 Å². The van der Waals surface area contributed by atoms with E-state index < -0.39 is 0 Å². The van der Waals surface area contributed by atoms with Crippen LogP contribution in [-0.2, 0) is 11.9 Å². The van der Waals surface area contributed by atoms with Crippen molar-refractivity contribution in [1.82, 2.24) is 15.3 Å². The predicted molar refractivity (Wildman–Crippen MR) is 42.3 cm³/mol. The molecule has 1 aromatic rings. The van der Waals surface area contributed by atoms with Crippen LogP contribution in [0.4, 0.5) is 0 Å². The summed E-state index contributed by atoms with van der Waals surface area (Å²) in [5, 5.41) is 3.85. The van der Waals surface area contributed by atoms with Gasteiger partial charge in [-0.25, -0.2) is 5.48 Å². The minimum atomic E-state index is -0.281. The molecule has 1 aromatic heterocycles. The van der Waals surface area contributed by atoms with Crippen molar-refractivity contribution in [3.05, 3.63) is 18.0 Å². The van der Waals surface area contributed by atoms with Gasteiger partial charge in [0.25, 0.3) is 5.91 Å². The molecule has 1 heterocycles. The maximum Gasteiger partial charge on any atom is 0.293 e. The number of amides is 1. The second kappa shape index (κ2) is 3.87. The maximum absolute atomic E-state index is 11.2. The number of nitrogens with zero attached hydrogens (tertiary/aromatic N) is 2. The average molecular weight is 169 g/mol. The van der Waals surface area contributed by atoms with Gasteiger partial charge >= 0.3 is 0 Å². The molecule has 5 nitrogen and oxygen atoms in total. The van der Waals surface area contributed by atoms with E-state index in [2.05, 4.69) is 10.6 Å². The first-order chi connectivity index (χ1) is 5.75. The summed E-state index contributed by atoms with van der Waals surface area (Å²) in [6.07, 6.45) is 1.56. The first-order valence-electron chi connectivity index (χ1n) is 3.66. The number of hydroxylamine groups is 1. The van der Waals surface area contributed by atoms with Gasteiger partial charge in [0.15, 0.2) is 0 Å². The van der Waals surface area contributed by atoms with E-state index in [1.807, 2.05) is 0 Å². The molecule has 0 saturated carbocycles. The van der Waals surface area contributed by atoms with Crippen LogP contribution in [0.2, 0.25) is 0 Å². The third-order valence-corrected chi connectivity index (χ3v) is 1.36. The van der Waals surface area contributed by atoms with Crippen LogP contribution in [-0.4, -0.2) is 22.3 Å². The number of nitrogens with one attached hydrogen (secondary N) is 1. The molecule has 0 aromatic carbocycles. The minimum absolute atomic E-state index is 0.281. The van der Waals surface area contributed by atoms with Crippen molar-refractivity contribution in [2.75, 3.05) is 6.61 Å². The van der Waals surface area contributed by atoms with E-state index in [-0.39, 0.29) is 5.91 Å². The molecule has 0 aliphatic rings. The number of carbonyl (C=O) groups excluding carboxylic acids is 1. The highest BCUT2D eigenvalue weighted by Gasteiger charge is 2.08. The standard InChI is InChI=1S/C7H11N3O2/c1-3-12-9-7(11)6-4-5-8-10(6)2/h4-5H,3H2,1-2H3,(H,9,11). The molecule has 0 radical (unpaired) electrons. The number of rotatable bonds is 3. The van der Waals surface area contributed by atoms with Gasteiger partial charge in [0.05, 0.1) is 6.61 Å². The first-order valence-corrected chi connectivity index (χ1v) is 3.66. The molecule has 1 amide bonds. The summed E-state index contributed by atoms with van der Waals surface area (Å²) < 4.78 is 1.48. The van der Waals surface area contributed by atoms with Crippen molar-refractivity contribution in [3.8, 4) is 0 Å². The van der Waals surface area contributed by atoms with Crippen LogP contribution < -0.4 is 5.48 Å². The lowest BCUT2D eigenvalue weighted by Crippen LogP contribution is -2.25. The molecule has 0 atom stereocenters. The Morgan fingerprint density at radius 3 is 3.08 bits per heavy atom. The van der Waals surface area contributed by atoms with E-state index in [4.69, 9.17) is 4.84 Å². The normalized spacial score (nSPS) is 9.83. The van der Waals surface area contributed by atoms with Crippen molar-refractivity contribution >= 4 is 5.91 Å². The monoisotopic (exact) mass is 169 g/mol. The molecule has 0 aliphatic carbocycles. The highest BCUT2D eigenvalue weighted by atomic mass is 16.6. The van der Waals surface area contributed by atoms with E-state index in [0.717, 1.165) is 0 Å². The Hall–Kier alpha value is -1.36. The fourth-order valence-corrected chi connectivity index (χ4v) is 0.787. The largest absolute Gasteiger partial charge is 0.293 e. The summed E-state index contributed by atoms with van der Waals surface area (Å²) in [7, 11) is 1.70. The maximum atomic E-state index is 11.2. The Morgan fingerprint density at radius 1 is 1.83 bits per heavy atom. The molecule has 0 aliphatic heterocycles.